The van der Waals surface area contributed by atoms with E-state index in [0.717, 1.165) is 4.90 Å². The third-order valence-electron chi connectivity index (χ3n) is 4.20. The van der Waals surface area contributed by atoms with Gasteiger partial charge in [0.1, 0.15) is 6.04 Å². The maximum absolute atomic E-state index is 13.0. The fourth-order valence-electron chi connectivity index (χ4n) is 2.70. The zero-order valence-electron chi connectivity index (χ0n) is 15.5. The van der Waals surface area contributed by atoms with Gasteiger partial charge in [-0.05, 0) is 42.8 Å². The van der Waals surface area contributed by atoms with E-state index >= 15 is 0 Å². The van der Waals surface area contributed by atoms with Crippen molar-refractivity contribution in [1.82, 2.24) is 10.2 Å². The number of nitrogens with one attached hydrogen (secondary N) is 1. The Morgan fingerprint density at radius 1 is 1.07 bits per heavy atom. The van der Waals surface area contributed by atoms with Crippen LogP contribution in [0.2, 0.25) is 15.1 Å². The summed E-state index contributed by atoms with van der Waals surface area (Å²) in [4.78, 5) is 27.9. The minimum atomic E-state index is -0.615. The van der Waals surface area contributed by atoms with Gasteiger partial charge in [-0.1, -0.05) is 47.8 Å². The lowest BCUT2D eigenvalue weighted by Crippen LogP contribution is -2.48. The number of carbonyl (C=O) groups is 2. The first kappa shape index (κ1) is 22.9. The molecule has 1 atom stereocenters. The minimum Gasteiger partial charge on any atom is -0.357 e. The van der Waals surface area contributed by atoms with E-state index in [1.54, 1.807) is 37.4 Å². The largest absolute Gasteiger partial charge is 0.357 e. The number of thioether (sulfide) groups is 1. The van der Waals surface area contributed by atoms with E-state index in [9.17, 15) is 9.59 Å². The number of halogens is 3. The van der Waals surface area contributed by atoms with E-state index < -0.39 is 6.04 Å². The smallest absolute Gasteiger partial charge is 0.242 e. The SMILES string of the molecule is CC[C@@H](C(=O)NC)N(Cc1c(Cl)cccc1Cl)C(=O)CSc1ccc(Cl)cc1. The monoisotopic (exact) mass is 458 g/mol. The Bertz CT molecular complexity index is 810. The summed E-state index contributed by atoms with van der Waals surface area (Å²) < 4.78 is 0. The van der Waals surface area contributed by atoms with Gasteiger partial charge >= 0.3 is 0 Å². The first-order chi connectivity index (χ1) is 13.4. The van der Waals surface area contributed by atoms with Crippen molar-refractivity contribution in [2.45, 2.75) is 30.8 Å². The van der Waals surface area contributed by atoms with Crippen LogP contribution >= 0.6 is 46.6 Å². The molecule has 0 saturated carbocycles. The molecule has 2 amide bonds. The summed E-state index contributed by atoms with van der Waals surface area (Å²) >= 11 is 19.9. The van der Waals surface area contributed by atoms with Gasteiger partial charge < -0.3 is 10.2 Å². The first-order valence-electron chi connectivity index (χ1n) is 8.69. The zero-order chi connectivity index (χ0) is 20.7. The van der Waals surface area contributed by atoms with Crippen LogP contribution < -0.4 is 5.32 Å². The number of hydrogen-bond donors (Lipinski definition) is 1. The van der Waals surface area contributed by atoms with E-state index in [0.29, 0.717) is 27.1 Å². The first-order valence-corrected chi connectivity index (χ1v) is 10.8. The molecule has 0 unspecified atom stereocenters. The second kappa shape index (κ2) is 11.0. The molecular weight excluding hydrogens is 439 g/mol. The molecule has 8 heteroatoms. The molecule has 0 aliphatic rings. The lowest BCUT2D eigenvalue weighted by Gasteiger charge is -2.30. The molecular formula is C20H21Cl3N2O2S. The maximum Gasteiger partial charge on any atom is 0.242 e. The summed E-state index contributed by atoms with van der Waals surface area (Å²) in [7, 11) is 1.55. The van der Waals surface area contributed by atoms with Gasteiger partial charge in [-0.3, -0.25) is 9.59 Å². The summed E-state index contributed by atoms with van der Waals surface area (Å²) in [6.07, 6.45) is 0.471. The topological polar surface area (TPSA) is 49.4 Å². The van der Waals surface area contributed by atoms with Crippen LogP contribution in [0.1, 0.15) is 18.9 Å². The van der Waals surface area contributed by atoms with Crippen LogP contribution in [0.15, 0.2) is 47.4 Å². The highest BCUT2D eigenvalue weighted by Crippen LogP contribution is 2.28. The number of amides is 2. The van der Waals surface area contributed by atoms with Gasteiger partial charge in [-0.25, -0.2) is 0 Å². The van der Waals surface area contributed by atoms with Gasteiger partial charge in [0.2, 0.25) is 11.8 Å². The van der Waals surface area contributed by atoms with Crippen LogP contribution in [-0.2, 0) is 16.1 Å². The summed E-state index contributed by atoms with van der Waals surface area (Å²) in [5.74, 6) is -0.223. The summed E-state index contributed by atoms with van der Waals surface area (Å²) in [6, 6.07) is 11.8. The Morgan fingerprint density at radius 3 is 2.21 bits per heavy atom. The lowest BCUT2D eigenvalue weighted by atomic mass is 10.1. The predicted molar refractivity (Wildman–Crippen MR) is 117 cm³/mol. The number of nitrogens with zero attached hydrogens (tertiary/aromatic N) is 1. The average Bonchev–Trinajstić information content (AvgIpc) is 2.69. The minimum absolute atomic E-state index is 0.157. The number of carbonyl (C=O) groups excluding carboxylic acids is 2. The molecule has 2 aromatic rings. The zero-order valence-corrected chi connectivity index (χ0v) is 18.6. The van der Waals surface area contributed by atoms with Crippen LogP contribution in [0.25, 0.3) is 0 Å². The Labute approximate surface area is 184 Å². The third kappa shape index (κ3) is 6.05. The van der Waals surface area contributed by atoms with Crippen molar-refractivity contribution in [2.75, 3.05) is 12.8 Å². The van der Waals surface area contributed by atoms with Gasteiger partial charge in [0.05, 0.1) is 5.75 Å². The second-order valence-corrected chi connectivity index (χ2v) is 8.30. The van der Waals surface area contributed by atoms with E-state index in [-0.39, 0.29) is 24.1 Å². The molecule has 0 heterocycles. The van der Waals surface area contributed by atoms with Crippen molar-refractivity contribution in [1.29, 1.82) is 0 Å². The number of hydrogen-bond acceptors (Lipinski definition) is 3. The maximum atomic E-state index is 13.0. The molecule has 0 fully saturated rings. The fraction of sp³-hybridized carbons (Fsp3) is 0.300. The van der Waals surface area contributed by atoms with Crippen LogP contribution in [-0.4, -0.2) is 35.6 Å². The molecule has 0 radical (unpaired) electrons. The predicted octanol–water partition coefficient (Wildman–Crippen LogP) is 5.29. The van der Waals surface area contributed by atoms with Crippen molar-refractivity contribution in [2.24, 2.45) is 0 Å². The Morgan fingerprint density at radius 2 is 1.68 bits per heavy atom. The van der Waals surface area contributed by atoms with Crippen molar-refractivity contribution in [3.8, 4) is 0 Å². The molecule has 2 rings (SSSR count). The number of likely N-dealkylation sites (N-methyl/N-ethyl adjacent to an activating group) is 1. The Balaban J connectivity index is 2.24. The molecule has 150 valence electrons. The molecule has 28 heavy (non-hydrogen) atoms. The van der Waals surface area contributed by atoms with Gasteiger partial charge in [0.15, 0.2) is 0 Å². The van der Waals surface area contributed by atoms with Gasteiger partial charge in [-0.2, -0.15) is 0 Å². The quantitative estimate of drug-likeness (QED) is 0.545. The fourth-order valence-corrected chi connectivity index (χ4v) is 4.13. The highest BCUT2D eigenvalue weighted by molar-refractivity contribution is 8.00. The van der Waals surface area contributed by atoms with Gasteiger partial charge in [0, 0.05) is 39.1 Å². The van der Waals surface area contributed by atoms with Gasteiger partial charge in [-0.15, -0.1) is 11.8 Å². The molecule has 0 aromatic heterocycles. The van der Waals surface area contributed by atoms with Gasteiger partial charge in [0.25, 0.3) is 0 Å². The molecule has 0 spiro atoms. The van der Waals surface area contributed by atoms with E-state index in [1.165, 1.54) is 16.7 Å². The van der Waals surface area contributed by atoms with Crippen LogP contribution in [0.5, 0.6) is 0 Å². The van der Waals surface area contributed by atoms with Crippen LogP contribution in [0, 0.1) is 0 Å². The third-order valence-corrected chi connectivity index (χ3v) is 6.16. The van der Waals surface area contributed by atoms with Crippen molar-refractivity contribution >= 4 is 58.4 Å². The highest BCUT2D eigenvalue weighted by atomic mass is 35.5. The second-order valence-electron chi connectivity index (χ2n) is 6.00. The van der Waals surface area contributed by atoms with Crippen LogP contribution in [0.4, 0.5) is 0 Å². The summed E-state index contributed by atoms with van der Waals surface area (Å²) in [6.45, 7) is 2.02. The normalized spacial score (nSPS) is 11.8. The number of rotatable bonds is 8. The average molecular weight is 460 g/mol. The molecule has 0 bridgehead atoms. The molecule has 0 aliphatic heterocycles. The van der Waals surface area contributed by atoms with Crippen molar-refractivity contribution < 1.29 is 9.59 Å². The summed E-state index contributed by atoms with van der Waals surface area (Å²) in [5, 5.41) is 4.18. The van der Waals surface area contributed by atoms with E-state index in [4.69, 9.17) is 34.8 Å². The van der Waals surface area contributed by atoms with Crippen molar-refractivity contribution in [3.63, 3.8) is 0 Å². The Hall–Kier alpha value is -1.40. The molecule has 0 saturated heterocycles. The standard InChI is InChI=1S/C20H21Cl3N2O2S/c1-3-18(20(27)24-2)25(11-15-16(22)5-4-6-17(15)23)19(26)12-28-14-9-7-13(21)8-10-14/h4-10,18H,3,11-12H2,1-2H3,(H,24,27)/t18-/m0/s1. The molecule has 4 nitrogen and oxygen atoms in total. The molecule has 1 N–H and O–H groups in total. The number of benzene rings is 2. The highest BCUT2D eigenvalue weighted by Gasteiger charge is 2.29. The van der Waals surface area contributed by atoms with E-state index in [1.807, 2.05) is 19.1 Å². The molecule has 2 aromatic carbocycles. The summed E-state index contributed by atoms with van der Waals surface area (Å²) in [5.41, 5.74) is 0.623. The lowest BCUT2D eigenvalue weighted by molar-refractivity contribution is -0.139. The molecule has 0 aliphatic carbocycles. The van der Waals surface area contributed by atoms with E-state index in [2.05, 4.69) is 5.32 Å². The van der Waals surface area contributed by atoms with Crippen molar-refractivity contribution in [3.05, 3.63) is 63.1 Å². The van der Waals surface area contributed by atoms with Crippen LogP contribution in [0.3, 0.4) is 0 Å². The Kier molecular flexibility index (Phi) is 8.96.